The minimum Gasteiger partial charge on any atom is -0.326 e. The summed E-state index contributed by atoms with van der Waals surface area (Å²) in [5.41, 5.74) is 9.05. The summed E-state index contributed by atoms with van der Waals surface area (Å²) in [6.45, 7) is 2.45. The summed E-state index contributed by atoms with van der Waals surface area (Å²) in [5.74, 6) is -0.104. The Balaban J connectivity index is 2.14. The van der Waals surface area contributed by atoms with E-state index in [4.69, 9.17) is 5.73 Å². The van der Waals surface area contributed by atoms with E-state index in [1.165, 1.54) is 0 Å². The Bertz CT molecular complexity index is 547. The van der Waals surface area contributed by atoms with E-state index in [9.17, 15) is 4.79 Å². The van der Waals surface area contributed by atoms with Crippen LogP contribution in [0.3, 0.4) is 0 Å². The maximum absolute atomic E-state index is 12.0. The predicted octanol–water partition coefficient (Wildman–Crippen LogP) is 2.71. The van der Waals surface area contributed by atoms with E-state index in [2.05, 4.69) is 5.32 Å². The number of anilines is 1. The lowest BCUT2D eigenvalue weighted by Crippen LogP contribution is -2.12. The third-order valence-electron chi connectivity index (χ3n) is 2.85. The van der Waals surface area contributed by atoms with Gasteiger partial charge in [0.25, 0.3) is 5.91 Å². The second-order valence-corrected chi connectivity index (χ2v) is 4.17. The van der Waals surface area contributed by atoms with Crippen LogP contribution < -0.4 is 11.1 Å². The van der Waals surface area contributed by atoms with E-state index in [0.29, 0.717) is 12.1 Å². The van der Waals surface area contributed by atoms with Crippen molar-refractivity contribution in [1.82, 2.24) is 0 Å². The summed E-state index contributed by atoms with van der Waals surface area (Å²) in [4.78, 5) is 12.0. The lowest BCUT2D eigenvalue weighted by Gasteiger charge is -2.08. The van der Waals surface area contributed by atoms with Crippen molar-refractivity contribution in [3.63, 3.8) is 0 Å². The van der Waals surface area contributed by atoms with Gasteiger partial charge in [0.15, 0.2) is 0 Å². The second-order valence-electron chi connectivity index (χ2n) is 4.17. The zero-order valence-electron chi connectivity index (χ0n) is 10.3. The summed E-state index contributed by atoms with van der Waals surface area (Å²) in [5, 5.41) is 2.89. The van der Waals surface area contributed by atoms with Gasteiger partial charge in [-0.2, -0.15) is 0 Å². The first-order chi connectivity index (χ1) is 8.70. The molecule has 0 heterocycles. The molecule has 0 fully saturated rings. The summed E-state index contributed by atoms with van der Waals surface area (Å²) < 4.78 is 0. The molecule has 0 aliphatic carbocycles. The fraction of sp³-hybridized carbons (Fsp3) is 0.133. The van der Waals surface area contributed by atoms with Gasteiger partial charge in [0, 0.05) is 17.8 Å². The molecule has 0 saturated carbocycles. The number of rotatable bonds is 3. The molecule has 2 rings (SSSR count). The predicted molar refractivity (Wildman–Crippen MR) is 73.5 cm³/mol. The molecule has 2 aromatic carbocycles. The average molecular weight is 240 g/mol. The topological polar surface area (TPSA) is 55.1 Å². The van der Waals surface area contributed by atoms with E-state index in [1.54, 1.807) is 12.1 Å². The number of nitrogens with two attached hydrogens (primary N) is 1. The zero-order valence-corrected chi connectivity index (χ0v) is 10.3. The van der Waals surface area contributed by atoms with Gasteiger partial charge in [-0.15, -0.1) is 0 Å². The van der Waals surface area contributed by atoms with Crippen LogP contribution in [-0.2, 0) is 6.54 Å². The lowest BCUT2D eigenvalue weighted by atomic mass is 10.1. The molecule has 0 aliphatic rings. The molecule has 0 atom stereocenters. The third kappa shape index (κ3) is 2.76. The summed E-state index contributed by atoms with van der Waals surface area (Å²) >= 11 is 0. The fourth-order valence-corrected chi connectivity index (χ4v) is 1.70. The monoisotopic (exact) mass is 240 g/mol. The van der Waals surface area contributed by atoms with Crippen LogP contribution in [-0.4, -0.2) is 5.91 Å². The number of carbonyl (C=O) groups is 1. The fourth-order valence-electron chi connectivity index (χ4n) is 1.70. The van der Waals surface area contributed by atoms with Crippen LogP contribution in [0.2, 0.25) is 0 Å². The van der Waals surface area contributed by atoms with Gasteiger partial charge in [-0.3, -0.25) is 4.79 Å². The molecule has 0 aliphatic heterocycles. The van der Waals surface area contributed by atoms with Gasteiger partial charge in [-0.05, 0) is 36.2 Å². The number of hydrogen-bond donors (Lipinski definition) is 2. The number of aryl methyl sites for hydroxylation is 1. The summed E-state index contributed by atoms with van der Waals surface area (Å²) in [6, 6.07) is 15.0. The van der Waals surface area contributed by atoms with Gasteiger partial charge in [-0.25, -0.2) is 0 Å². The molecule has 3 nitrogen and oxygen atoms in total. The minimum atomic E-state index is -0.104. The van der Waals surface area contributed by atoms with Crippen LogP contribution in [0.15, 0.2) is 48.5 Å². The first-order valence-corrected chi connectivity index (χ1v) is 5.86. The van der Waals surface area contributed by atoms with Crippen LogP contribution in [0, 0.1) is 6.92 Å². The maximum atomic E-state index is 12.0. The molecule has 92 valence electrons. The highest BCUT2D eigenvalue weighted by molar-refractivity contribution is 6.04. The molecule has 0 radical (unpaired) electrons. The van der Waals surface area contributed by atoms with Crippen molar-refractivity contribution < 1.29 is 4.79 Å². The Labute approximate surface area is 107 Å². The first-order valence-electron chi connectivity index (χ1n) is 5.86. The van der Waals surface area contributed by atoms with Gasteiger partial charge in [0.1, 0.15) is 0 Å². The van der Waals surface area contributed by atoms with Crippen molar-refractivity contribution in [3.8, 4) is 0 Å². The summed E-state index contributed by atoms with van der Waals surface area (Å²) in [6.07, 6.45) is 0. The standard InChI is InChI=1S/C15H16N2O/c1-11-4-2-3-5-14(11)17-15(18)13-8-6-12(10-16)7-9-13/h2-9H,10,16H2,1H3,(H,17,18). The van der Waals surface area contributed by atoms with E-state index < -0.39 is 0 Å². The minimum absolute atomic E-state index is 0.104. The molecule has 3 N–H and O–H groups in total. The maximum Gasteiger partial charge on any atom is 0.255 e. The van der Waals surface area contributed by atoms with E-state index in [1.807, 2.05) is 43.3 Å². The van der Waals surface area contributed by atoms with Crippen molar-refractivity contribution in [2.75, 3.05) is 5.32 Å². The number of hydrogen-bond acceptors (Lipinski definition) is 2. The molecule has 3 heteroatoms. The van der Waals surface area contributed by atoms with E-state index in [0.717, 1.165) is 16.8 Å². The van der Waals surface area contributed by atoms with Gasteiger partial charge in [0.2, 0.25) is 0 Å². The number of benzene rings is 2. The van der Waals surface area contributed by atoms with Crippen molar-refractivity contribution in [1.29, 1.82) is 0 Å². The smallest absolute Gasteiger partial charge is 0.255 e. The normalized spacial score (nSPS) is 10.1. The average Bonchev–Trinajstić information content (AvgIpc) is 2.41. The van der Waals surface area contributed by atoms with Crippen molar-refractivity contribution >= 4 is 11.6 Å². The highest BCUT2D eigenvalue weighted by Gasteiger charge is 2.06. The van der Waals surface area contributed by atoms with Crippen LogP contribution in [0.4, 0.5) is 5.69 Å². The molecule has 2 aromatic rings. The van der Waals surface area contributed by atoms with Gasteiger partial charge in [-0.1, -0.05) is 30.3 Å². The second kappa shape index (κ2) is 5.47. The van der Waals surface area contributed by atoms with E-state index in [-0.39, 0.29) is 5.91 Å². The van der Waals surface area contributed by atoms with Gasteiger partial charge >= 0.3 is 0 Å². The SMILES string of the molecule is Cc1ccccc1NC(=O)c1ccc(CN)cc1. The van der Waals surface area contributed by atoms with Crippen molar-refractivity contribution in [2.24, 2.45) is 5.73 Å². The molecular weight excluding hydrogens is 224 g/mol. The molecular formula is C15H16N2O. The molecule has 18 heavy (non-hydrogen) atoms. The third-order valence-corrected chi connectivity index (χ3v) is 2.85. The van der Waals surface area contributed by atoms with Crippen LogP contribution in [0.5, 0.6) is 0 Å². The lowest BCUT2D eigenvalue weighted by molar-refractivity contribution is 0.102. The number of carbonyl (C=O) groups excluding carboxylic acids is 1. The largest absolute Gasteiger partial charge is 0.326 e. The van der Waals surface area contributed by atoms with E-state index >= 15 is 0 Å². The highest BCUT2D eigenvalue weighted by Crippen LogP contribution is 2.14. The molecule has 0 aromatic heterocycles. The molecule has 0 unspecified atom stereocenters. The molecule has 0 saturated heterocycles. The van der Waals surface area contributed by atoms with Crippen LogP contribution in [0.1, 0.15) is 21.5 Å². The Kier molecular flexibility index (Phi) is 3.75. The van der Waals surface area contributed by atoms with Crippen molar-refractivity contribution in [2.45, 2.75) is 13.5 Å². The molecule has 0 spiro atoms. The van der Waals surface area contributed by atoms with Crippen molar-refractivity contribution in [3.05, 3.63) is 65.2 Å². The number of para-hydroxylation sites is 1. The zero-order chi connectivity index (χ0) is 13.0. The van der Waals surface area contributed by atoms with Gasteiger partial charge < -0.3 is 11.1 Å². The summed E-state index contributed by atoms with van der Waals surface area (Å²) in [7, 11) is 0. The molecule has 0 bridgehead atoms. The first kappa shape index (κ1) is 12.3. The van der Waals surface area contributed by atoms with Crippen LogP contribution in [0.25, 0.3) is 0 Å². The number of amides is 1. The Morgan fingerprint density at radius 3 is 2.39 bits per heavy atom. The van der Waals surface area contributed by atoms with Crippen LogP contribution >= 0.6 is 0 Å². The number of nitrogens with one attached hydrogen (secondary N) is 1. The Morgan fingerprint density at radius 2 is 1.78 bits per heavy atom. The Hall–Kier alpha value is -2.13. The Morgan fingerprint density at radius 1 is 1.11 bits per heavy atom. The highest BCUT2D eigenvalue weighted by atomic mass is 16.1. The van der Waals surface area contributed by atoms with Gasteiger partial charge in [0.05, 0.1) is 0 Å². The quantitative estimate of drug-likeness (QED) is 0.866. The molecule has 1 amide bonds.